The first-order chi connectivity index (χ1) is 13.1. The molecule has 1 aromatic heterocycles. The van der Waals surface area contributed by atoms with Crippen LogP contribution in [0.25, 0.3) is 0 Å². The molecular weight excluding hydrogens is 426 g/mol. The summed E-state index contributed by atoms with van der Waals surface area (Å²) in [5, 5.41) is 10.4. The van der Waals surface area contributed by atoms with E-state index in [1.165, 1.54) is 6.07 Å². The number of carboxylic acid groups (broad SMARTS) is 1. The van der Waals surface area contributed by atoms with Gasteiger partial charge in [-0.1, -0.05) is 11.6 Å². The van der Waals surface area contributed by atoms with Crippen molar-refractivity contribution < 1.29 is 23.1 Å². The van der Waals surface area contributed by atoms with Crippen LogP contribution >= 0.6 is 22.9 Å². The molecule has 2 rings (SSSR count). The van der Waals surface area contributed by atoms with Crippen LogP contribution in [0.4, 0.5) is 0 Å². The van der Waals surface area contributed by atoms with Crippen LogP contribution in [0.1, 0.15) is 42.8 Å². The molecule has 11 heteroatoms. The summed E-state index contributed by atoms with van der Waals surface area (Å²) in [6.07, 6.45) is 0.736. The number of thiophene rings is 1. The molecule has 1 aliphatic rings. The number of nitrogens with one attached hydrogen (secondary N) is 2. The van der Waals surface area contributed by atoms with Crippen molar-refractivity contribution in [1.29, 1.82) is 0 Å². The van der Waals surface area contributed by atoms with E-state index in [0.717, 1.165) is 24.4 Å². The highest BCUT2D eigenvalue weighted by Gasteiger charge is 2.32. The molecule has 0 radical (unpaired) electrons. The van der Waals surface area contributed by atoms with Crippen molar-refractivity contribution in [2.75, 3.05) is 19.6 Å². The summed E-state index contributed by atoms with van der Waals surface area (Å²) >= 11 is 6.87. The summed E-state index contributed by atoms with van der Waals surface area (Å²) in [6, 6.07) is 3.27. The molecule has 1 aromatic rings. The van der Waals surface area contributed by atoms with Gasteiger partial charge >= 0.3 is 5.97 Å². The molecule has 1 amide bonds. The van der Waals surface area contributed by atoms with Gasteiger partial charge in [-0.15, -0.1) is 11.3 Å². The van der Waals surface area contributed by atoms with Crippen molar-refractivity contribution in [2.45, 2.75) is 50.4 Å². The second-order valence-corrected chi connectivity index (χ2v) is 10.8. The zero-order chi connectivity index (χ0) is 20.9. The van der Waals surface area contributed by atoms with E-state index in [0.29, 0.717) is 28.1 Å². The lowest BCUT2D eigenvalue weighted by Crippen LogP contribution is -2.50. The maximum Gasteiger partial charge on any atom is 0.304 e. The lowest BCUT2D eigenvalue weighted by molar-refractivity contribution is -0.137. The maximum absolute atomic E-state index is 12.7. The van der Waals surface area contributed by atoms with Gasteiger partial charge in [-0.25, -0.2) is 13.1 Å². The molecule has 158 valence electrons. The number of amides is 1. The third-order valence-electron chi connectivity index (χ3n) is 4.72. The standard InChI is InChI=1S/C17H26ClN3O5S2/c1-11(2)21-7-5-12(6-8-21)20-28(25,26)13(9-16(22)23)10-19-17(24)14-3-4-15(18)27-14/h3-4,11-13,20H,5-10H2,1-2H3,(H,19,24)(H,22,23). The number of sulfonamides is 1. The summed E-state index contributed by atoms with van der Waals surface area (Å²) in [5.74, 6) is -1.72. The average Bonchev–Trinajstić information content (AvgIpc) is 3.04. The summed E-state index contributed by atoms with van der Waals surface area (Å²) < 4.78 is 28.6. The van der Waals surface area contributed by atoms with Crippen LogP contribution in [0.3, 0.4) is 0 Å². The van der Waals surface area contributed by atoms with Gasteiger partial charge in [0.15, 0.2) is 0 Å². The van der Waals surface area contributed by atoms with E-state index in [-0.39, 0.29) is 12.6 Å². The number of rotatable bonds is 9. The molecule has 0 saturated carbocycles. The minimum Gasteiger partial charge on any atom is -0.481 e. The molecule has 0 aliphatic carbocycles. The predicted molar refractivity (Wildman–Crippen MR) is 109 cm³/mol. The fraction of sp³-hybridized carbons (Fsp3) is 0.647. The molecule has 1 unspecified atom stereocenters. The van der Waals surface area contributed by atoms with Gasteiger partial charge in [-0.2, -0.15) is 0 Å². The fourth-order valence-electron chi connectivity index (χ4n) is 3.08. The number of hydrogen-bond acceptors (Lipinski definition) is 6. The number of likely N-dealkylation sites (tertiary alicyclic amines) is 1. The van der Waals surface area contributed by atoms with E-state index in [1.54, 1.807) is 6.07 Å². The molecule has 1 aliphatic heterocycles. The number of nitrogens with zero attached hydrogens (tertiary/aromatic N) is 1. The monoisotopic (exact) mass is 451 g/mol. The van der Waals surface area contributed by atoms with E-state index in [2.05, 4.69) is 28.8 Å². The summed E-state index contributed by atoms with van der Waals surface area (Å²) in [5.41, 5.74) is 0. The Morgan fingerprint density at radius 3 is 2.46 bits per heavy atom. The van der Waals surface area contributed by atoms with Gasteiger partial charge in [0, 0.05) is 18.6 Å². The first-order valence-electron chi connectivity index (χ1n) is 9.09. The molecule has 0 aromatic carbocycles. The van der Waals surface area contributed by atoms with Crippen molar-refractivity contribution >= 4 is 44.8 Å². The topological polar surface area (TPSA) is 116 Å². The highest BCUT2D eigenvalue weighted by molar-refractivity contribution is 7.90. The molecule has 8 nitrogen and oxygen atoms in total. The largest absolute Gasteiger partial charge is 0.481 e. The van der Waals surface area contributed by atoms with Crippen molar-refractivity contribution in [3.05, 3.63) is 21.3 Å². The lowest BCUT2D eigenvalue weighted by atomic mass is 10.1. The minimum absolute atomic E-state index is 0.233. The van der Waals surface area contributed by atoms with Crippen LogP contribution in [0.5, 0.6) is 0 Å². The van der Waals surface area contributed by atoms with Crippen LogP contribution in [0.2, 0.25) is 4.34 Å². The van der Waals surface area contributed by atoms with Gasteiger partial charge in [-0.05, 0) is 51.9 Å². The zero-order valence-corrected chi connectivity index (χ0v) is 18.2. The number of carbonyl (C=O) groups is 2. The molecule has 1 fully saturated rings. The number of carbonyl (C=O) groups excluding carboxylic acids is 1. The Balaban J connectivity index is 1.98. The van der Waals surface area contributed by atoms with Crippen LogP contribution in [-0.4, -0.2) is 67.3 Å². The van der Waals surface area contributed by atoms with Gasteiger partial charge in [0.1, 0.15) is 5.25 Å². The Hall–Kier alpha value is -1.20. The summed E-state index contributed by atoms with van der Waals surface area (Å²) in [6.45, 7) is 5.46. The van der Waals surface area contributed by atoms with Crippen molar-refractivity contribution in [1.82, 2.24) is 14.9 Å². The van der Waals surface area contributed by atoms with Crippen LogP contribution in [-0.2, 0) is 14.8 Å². The van der Waals surface area contributed by atoms with Gasteiger partial charge in [0.25, 0.3) is 5.91 Å². The number of hydrogen-bond donors (Lipinski definition) is 3. The van der Waals surface area contributed by atoms with Crippen LogP contribution in [0.15, 0.2) is 12.1 Å². The van der Waals surface area contributed by atoms with Gasteiger partial charge in [0.05, 0.1) is 15.6 Å². The fourth-order valence-corrected chi connectivity index (χ4v) is 5.60. The molecular formula is C17H26ClN3O5S2. The van der Waals surface area contributed by atoms with Gasteiger partial charge < -0.3 is 15.3 Å². The number of carboxylic acids is 1. The SMILES string of the molecule is CC(C)N1CCC(NS(=O)(=O)C(CNC(=O)c2ccc(Cl)s2)CC(=O)O)CC1. The van der Waals surface area contributed by atoms with E-state index in [4.69, 9.17) is 16.7 Å². The van der Waals surface area contributed by atoms with Crippen molar-refractivity contribution in [2.24, 2.45) is 0 Å². The Morgan fingerprint density at radius 1 is 1.32 bits per heavy atom. The van der Waals surface area contributed by atoms with Gasteiger partial charge in [0.2, 0.25) is 10.0 Å². The summed E-state index contributed by atoms with van der Waals surface area (Å²) in [7, 11) is -3.91. The first kappa shape index (κ1) is 23.1. The Morgan fingerprint density at radius 2 is 1.96 bits per heavy atom. The highest BCUT2D eigenvalue weighted by atomic mass is 35.5. The third kappa shape index (κ3) is 6.70. The van der Waals surface area contributed by atoms with Crippen molar-refractivity contribution in [3.63, 3.8) is 0 Å². The third-order valence-corrected chi connectivity index (χ3v) is 7.82. The molecule has 2 heterocycles. The zero-order valence-electron chi connectivity index (χ0n) is 15.9. The van der Waals surface area contributed by atoms with Crippen LogP contribution < -0.4 is 10.0 Å². The smallest absolute Gasteiger partial charge is 0.304 e. The van der Waals surface area contributed by atoms with Crippen molar-refractivity contribution in [3.8, 4) is 0 Å². The van der Waals surface area contributed by atoms with E-state index < -0.39 is 33.6 Å². The Kier molecular flexibility index (Phi) is 8.26. The number of aliphatic carboxylic acids is 1. The normalized spacial score (nSPS) is 17.6. The van der Waals surface area contributed by atoms with E-state index in [1.807, 2.05) is 0 Å². The molecule has 28 heavy (non-hydrogen) atoms. The maximum atomic E-state index is 12.7. The molecule has 1 saturated heterocycles. The average molecular weight is 452 g/mol. The second-order valence-electron chi connectivity index (χ2n) is 7.10. The second kappa shape index (κ2) is 10.0. The Bertz CT molecular complexity index is 788. The number of halogens is 1. The quantitative estimate of drug-likeness (QED) is 0.527. The Labute approximate surface area is 174 Å². The summed E-state index contributed by atoms with van der Waals surface area (Å²) in [4.78, 5) is 25.9. The lowest BCUT2D eigenvalue weighted by Gasteiger charge is -2.35. The van der Waals surface area contributed by atoms with Crippen LogP contribution in [0, 0.1) is 0 Å². The minimum atomic E-state index is -3.91. The molecule has 0 bridgehead atoms. The highest BCUT2D eigenvalue weighted by Crippen LogP contribution is 2.21. The van der Waals surface area contributed by atoms with E-state index in [9.17, 15) is 18.0 Å². The predicted octanol–water partition coefficient (Wildman–Crippen LogP) is 1.77. The van der Waals surface area contributed by atoms with E-state index >= 15 is 0 Å². The molecule has 1 atom stereocenters. The molecule has 3 N–H and O–H groups in total. The van der Waals surface area contributed by atoms with Gasteiger partial charge in [-0.3, -0.25) is 9.59 Å². The first-order valence-corrected chi connectivity index (χ1v) is 11.8. The molecule has 0 spiro atoms. The number of piperidine rings is 1.